The van der Waals surface area contributed by atoms with Crippen LogP contribution < -0.4 is 5.32 Å². The quantitative estimate of drug-likeness (QED) is 0.0888. The van der Waals surface area contributed by atoms with Crippen molar-refractivity contribution in [2.45, 2.75) is 65.2 Å². The third-order valence-corrected chi connectivity index (χ3v) is 7.15. The third kappa shape index (κ3) is 14.5. The smallest absolute Gasteiger partial charge is 0.337 e. The number of nitrogens with zero attached hydrogens (tertiary/aromatic N) is 1. The Hall–Kier alpha value is -2.59. The number of hydrogen-bond acceptors (Lipinski definition) is 8. The largest absolute Gasteiger partial charge is 0.465 e. The summed E-state index contributed by atoms with van der Waals surface area (Å²) < 4.78 is 4.72. The van der Waals surface area contributed by atoms with Gasteiger partial charge in [-0.25, -0.2) is 4.79 Å². The fourth-order valence-corrected chi connectivity index (χ4v) is 4.24. The number of methoxy groups -OCH3 is 1. The topological polar surface area (TPSA) is 95.9 Å². The van der Waals surface area contributed by atoms with Gasteiger partial charge in [0.05, 0.1) is 12.7 Å². The number of hydrogen-bond donors (Lipinski definition) is 4. The van der Waals surface area contributed by atoms with Gasteiger partial charge in [0.1, 0.15) is 6.29 Å². The molecule has 246 valence electrons. The average Bonchev–Trinajstić information content (AvgIpc) is 3.98. The summed E-state index contributed by atoms with van der Waals surface area (Å²) in [5.41, 5.74) is 3.74. The summed E-state index contributed by atoms with van der Waals surface area (Å²) in [7, 11) is 2.38. The first-order valence-corrected chi connectivity index (χ1v) is 17.1. The number of esters is 1. The van der Waals surface area contributed by atoms with Crippen molar-refractivity contribution in [3.8, 4) is 0 Å². The van der Waals surface area contributed by atoms with Crippen LogP contribution in [0.25, 0.3) is 0 Å². The second kappa shape index (κ2) is 24.7. The van der Waals surface area contributed by atoms with Gasteiger partial charge in [-0.1, -0.05) is 64.1 Å². The summed E-state index contributed by atoms with van der Waals surface area (Å²) in [4.78, 5) is 35.7. The van der Waals surface area contributed by atoms with Gasteiger partial charge in [0.25, 0.3) is 0 Å². The Labute approximate surface area is 276 Å². The van der Waals surface area contributed by atoms with E-state index in [9.17, 15) is 14.4 Å². The van der Waals surface area contributed by atoms with Crippen molar-refractivity contribution in [3.05, 3.63) is 83.4 Å². The lowest BCUT2D eigenvalue weighted by atomic mass is 9.90. The molecule has 1 amide bonds. The van der Waals surface area contributed by atoms with Gasteiger partial charge < -0.3 is 20.1 Å². The number of allylic oxidation sites excluding steroid dienone is 1. The lowest BCUT2D eigenvalue weighted by Crippen LogP contribution is -2.49. The number of rotatable bonds is 6. The van der Waals surface area contributed by atoms with Gasteiger partial charge in [-0.05, 0) is 60.9 Å². The van der Waals surface area contributed by atoms with Crippen LogP contribution in [-0.4, -0.2) is 68.6 Å². The Morgan fingerprint density at radius 3 is 1.86 bits per heavy atom. The number of ether oxygens (including phenoxy) is 1. The molecule has 0 radical (unpaired) electrons. The first-order valence-electron chi connectivity index (χ1n) is 15.5. The minimum absolute atomic E-state index is 0.294. The second-order valence-corrected chi connectivity index (χ2v) is 10.0. The number of aldehydes is 1. The van der Waals surface area contributed by atoms with Crippen LogP contribution in [0.5, 0.6) is 0 Å². The molecule has 2 saturated carbocycles. The number of aliphatic hydroxyl groups is 1. The van der Waals surface area contributed by atoms with Crippen molar-refractivity contribution < 1.29 is 24.2 Å². The van der Waals surface area contributed by atoms with Crippen LogP contribution in [-0.2, 0) is 9.53 Å². The SMILES string of the molecule is C=CC1CC1.CC.CC.CO.COC(=O)c1cccc(C2CN(C(=O)C3CC3)C2)c1.O=Cc1cccc(C2CNC2)c1.SS. The Morgan fingerprint density at radius 1 is 0.909 bits per heavy atom. The highest BCUT2D eigenvalue weighted by Gasteiger charge is 2.39. The van der Waals surface area contributed by atoms with E-state index in [1.165, 1.54) is 25.5 Å². The molecule has 0 spiro atoms. The molecular weight excluding hydrogens is 593 g/mol. The highest BCUT2D eigenvalue weighted by Crippen LogP contribution is 2.36. The molecule has 2 N–H and O–H groups in total. The maximum atomic E-state index is 11.8. The number of thiol groups is 2. The maximum Gasteiger partial charge on any atom is 0.337 e. The zero-order valence-electron chi connectivity index (χ0n) is 27.4. The number of carbonyl (C=O) groups is 3. The number of nitrogens with one attached hydrogen (secondary N) is 1. The Bertz CT molecular complexity index is 1100. The van der Waals surface area contributed by atoms with Crippen molar-refractivity contribution in [1.82, 2.24) is 10.2 Å². The monoisotopic (exact) mass is 646 g/mol. The summed E-state index contributed by atoms with van der Waals surface area (Å²) in [6, 6.07) is 15.3. The van der Waals surface area contributed by atoms with Crippen LogP contribution in [0, 0.1) is 11.8 Å². The van der Waals surface area contributed by atoms with E-state index in [4.69, 9.17) is 9.84 Å². The molecule has 2 aliphatic carbocycles. The van der Waals surface area contributed by atoms with Crippen molar-refractivity contribution in [3.63, 3.8) is 0 Å². The molecule has 2 aliphatic heterocycles. The Kier molecular flexibility index (Phi) is 23.2. The van der Waals surface area contributed by atoms with Gasteiger partial charge in [-0.15, -0.1) is 29.9 Å². The Balaban J connectivity index is 0.000000632. The van der Waals surface area contributed by atoms with Gasteiger partial charge in [-0.3, -0.25) is 9.59 Å². The van der Waals surface area contributed by atoms with Crippen LogP contribution >= 0.6 is 23.3 Å². The fraction of sp³-hybridized carbons (Fsp3) is 0.514. The summed E-state index contributed by atoms with van der Waals surface area (Å²) >= 11 is 6.44. The first kappa shape index (κ1) is 41.4. The molecule has 0 unspecified atom stereocenters. The molecule has 0 bridgehead atoms. The molecule has 9 heteroatoms. The lowest BCUT2D eigenvalue weighted by Gasteiger charge is -2.40. The van der Waals surface area contributed by atoms with Crippen molar-refractivity contribution in [2.24, 2.45) is 11.8 Å². The van der Waals surface area contributed by atoms with Gasteiger partial charge in [0, 0.05) is 56.6 Å². The molecule has 2 saturated heterocycles. The molecule has 4 aliphatic rings. The molecule has 7 nitrogen and oxygen atoms in total. The predicted molar refractivity (Wildman–Crippen MR) is 189 cm³/mol. The molecule has 2 heterocycles. The van der Waals surface area contributed by atoms with Crippen LogP contribution in [0.1, 0.15) is 97.1 Å². The van der Waals surface area contributed by atoms with E-state index in [0.29, 0.717) is 29.2 Å². The molecule has 0 atom stereocenters. The van der Waals surface area contributed by atoms with Crippen LogP contribution in [0.2, 0.25) is 0 Å². The highest BCUT2D eigenvalue weighted by molar-refractivity contribution is 8.59. The number of carbonyl (C=O) groups excluding carboxylic acids is 3. The normalized spacial score (nSPS) is 15.9. The van der Waals surface area contributed by atoms with E-state index in [1.807, 2.05) is 75.1 Å². The van der Waals surface area contributed by atoms with E-state index >= 15 is 0 Å². The first-order chi connectivity index (χ1) is 21.5. The van der Waals surface area contributed by atoms with Crippen molar-refractivity contribution >= 4 is 41.5 Å². The van der Waals surface area contributed by atoms with E-state index in [2.05, 4.69) is 41.3 Å². The zero-order chi connectivity index (χ0) is 33.5. The van der Waals surface area contributed by atoms with Crippen LogP contribution in [0.15, 0.2) is 61.2 Å². The summed E-state index contributed by atoms with van der Waals surface area (Å²) in [5, 5.41) is 10.2. The number of benzene rings is 2. The molecule has 0 aromatic heterocycles. The van der Waals surface area contributed by atoms with Crippen LogP contribution in [0.3, 0.4) is 0 Å². The van der Waals surface area contributed by atoms with Crippen LogP contribution in [0.4, 0.5) is 0 Å². The number of amides is 1. The fourth-order valence-electron chi connectivity index (χ4n) is 4.24. The summed E-state index contributed by atoms with van der Waals surface area (Å²) in [6.07, 6.45) is 7.82. The van der Waals surface area contributed by atoms with E-state index in [-0.39, 0.29) is 5.97 Å². The molecule has 4 fully saturated rings. The highest BCUT2D eigenvalue weighted by atomic mass is 33.1. The van der Waals surface area contributed by atoms with Gasteiger partial charge in [0.15, 0.2) is 0 Å². The van der Waals surface area contributed by atoms with E-state index in [0.717, 1.165) is 69.5 Å². The predicted octanol–water partition coefficient (Wildman–Crippen LogP) is 7.00. The third-order valence-electron chi connectivity index (χ3n) is 7.15. The average molecular weight is 647 g/mol. The second-order valence-electron chi connectivity index (χ2n) is 10.0. The summed E-state index contributed by atoms with van der Waals surface area (Å²) in [5.74, 6) is 2.15. The lowest BCUT2D eigenvalue weighted by molar-refractivity contribution is -0.137. The van der Waals surface area contributed by atoms with E-state index in [1.54, 1.807) is 6.07 Å². The summed E-state index contributed by atoms with van der Waals surface area (Å²) in [6.45, 7) is 15.3. The number of likely N-dealkylation sites (tertiary alicyclic amines) is 1. The molecule has 2 aromatic rings. The molecule has 44 heavy (non-hydrogen) atoms. The van der Waals surface area contributed by atoms with Gasteiger partial charge >= 0.3 is 5.97 Å². The molecule has 6 rings (SSSR count). The van der Waals surface area contributed by atoms with Crippen molar-refractivity contribution in [1.29, 1.82) is 0 Å². The molecular formula is C35H54N2O5S2. The maximum absolute atomic E-state index is 11.8. The van der Waals surface area contributed by atoms with E-state index < -0.39 is 0 Å². The van der Waals surface area contributed by atoms with Crippen molar-refractivity contribution in [2.75, 3.05) is 40.4 Å². The minimum atomic E-state index is -0.313. The minimum Gasteiger partial charge on any atom is -0.465 e. The standard InChI is InChI=1S/C15H17NO3.C10H11NO.C5H8.2C2H6.CH4O.H2S2/c1-19-15(18)12-4-2-3-11(7-12)13-8-16(9-13)14(17)10-5-6-10;12-7-8-2-1-3-9(4-8)10-5-11-6-10;1-2-5-3-4-5;4*1-2/h2-4,7,10,13H,5-6,8-9H2,1H3;1-4,7,10-11H,5-6H2;2,5H,1,3-4H2;2*1-2H3;2H,1H3;1-2H. The zero-order valence-corrected chi connectivity index (χ0v) is 29.2. The number of aliphatic hydroxyl groups excluding tert-OH is 1. The molecule has 2 aromatic carbocycles. The van der Waals surface area contributed by atoms with Gasteiger partial charge in [0.2, 0.25) is 5.91 Å². The Morgan fingerprint density at radius 2 is 1.45 bits per heavy atom. The van der Waals surface area contributed by atoms with Gasteiger partial charge in [-0.2, -0.15) is 0 Å².